The van der Waals surface area contributed by atoms with Crippen LogP contribution in [-0.4, -0.2) is 23.5 Å². The lowest BCUT2D eigenvalue weighted by molar-refractivity contribution is -0.385. The van der Waals surface area contributed by atoms with Crippen molar-refractivity contribution in [2.45, 2.75) is 38.8 Å². The molecule has 1 unspecified atom stereocenters. The largest absolute Gasteiger partial charge is 0.497 e. The lowest BCUT2D eigenvalue weighted by Crippen LogP contribution is -2.41. The van der Waals surface area contributed by atoms with Crippen LogP contribution in [0.2, 0.25) is 0 Å². The minimum atomic E-state index is -0.481. The van der Waals surface area contributed by atoms with Gasteiger partial charge in [-0.2, -0.15) is 0 Å². The number of carbonyl (C=O) groups is 1. The molecule has 1 atom stereocenters. The molecule has 0 aromatic heterocycles. The Morgan fingerprint density at radius 2 is 2.07 bits per heavy atom. The molecule has 7 heteroatoms. The number of nitrogens with one attached hydrogen (secondary N) is 1. The van der Waals surface area contributed by atoms with Gasteiger partial charge in [0.05, 0.1) is 18.1 Å². The lowest BCUT2D eigenvalue weighted by Gasteiger charge is -2.38. The second-order valence-electron chi connectivity index (χ2n) is 7.20. The van der Waals surface area contributed by atoms with E-state index in [1.165, 1.54) is 12.1 Å². The Balaban J connectivity index is 1.93. The predicted octanol–water partition coefficient (Wildman–Crippen LogP) is 3.94. The highest BCUT2D eigenvalue weighted by Crippen LogP contribution is 2.41. The molecule has 3 rings (SSSR count). The number of hydrogen-bond acceptors (Lipinski definition) is 5. The molecule has 0 saturated heterocycles. The van der Waals surface area contributed by atoms with E-state index < -0.39 is 10.5 Å². The first-order valence-corrected chi connectivity index (χ1v) is 8.63. The molecule has 1 aliphatic rings. The summed E-state index contributed by atoms with van der Waals surface area (Å²) in [6.45, 7) is 5.49. The van der Waals surface area contributed by atoms with Gasteiger partial charge in [0, 0.05) is 35.2 Å². The molecule has 2 aromatic carbocycles. The number of fused-ring (bicyclic) bond motifs is 1. The van der Waals surface area contributed by atoms with E-state index in [4.69, 9.17) is 9.47 Å². The summed E-state index contributed by atoms with van der Waals surface area (Å²) in [6.07, 6.45) is 0.575. The number of methoxy groups -OCH3 is 1. The topological polar surface area (TPSA) is 90.7 Å². The first kappa shape index (κ1) is 18.7. The van der Waals surface area contributed by atoms with Gasteiger partial charge in [0.15, 0.2) is 0 Å². The van der Waals surface area contributed by atoms with Gasteiger partial charge in [-0.05, 0) is 39.0 Å². The quantitative estimate of drug-likeness (QED) is 0.650. The zero-order valence-electron chi connectivity index (χ0n) is 15.7. The molecule has 7 nitrogen and oxygen atoms in total. The smallest absolute Gasteiger partial charge is 0.273 e. The number of nitro groups is 1. The third-order valence-corrected chi connectivity index (χ3v) is 4.73. The van der Waals surface area contributed by atoms with E-state index in [0.717, 1.165) is 5.56 Å². The molecule has 0 saturated carbocycles. The van der Waals surface area contributed by atoms with Gasteiger partial charge in [-0.3, -0.25) is 14.9 Å². The Bertz CT molecular complexity index is 907. The van der Waals surface area contributed by atoms with Gasteiger partial charge in [-0.1, -0.05) is 6.07 Å². The zero-order chi connectivity index (χ0) is 19.8. The summed E-state index contributed by atoms with van der Waals surface area (Å²) in [7, 11) is 1.58. The number of nitrogens with zero attached hydrogens (tertiary/aromatic N) is 1. The van der Waals surface area contributed by atoms with Crippen LogP contribution in [0.25, 0.3) is 0 Å². The highest BCUT2D eigenvalue weighted by atomic mass is 16.6. The van der Waals surface area contributed by atoms with E-state index in [1.54, 1.807) is 26.2 Å². The molecule has 0 bridgehead atoms. The minimum absolute atomic E-state index is 0.0694. The number of amides is 1. The fraction of sp³-hybridized carbons (Fsp3) is 0.350. The van der Waals surface area contributed by atoms with E-state index in [2.05, 4.69) is 5.32 Å². The van der Waals surface area contributed by atoms with Crippen LogP contribution in [0.3, 0.4) is 0 Å². The van der Waals surface area contributed by atoms with Crippen molar-refractivity contribution in [3.8, 4) is 11.5 Å². The summed E-state index contributed by atoms with van der Waals surface area (Å²) < 4.78 is 11.3. The van der Waals surface area contributed by atoms with Crippen LogP contribution in [0.4, 0.5) is 5.69 Å². The zero-order valence-corrected chi connectivity index (χ0v) is 15.7. The maximum Gasteiger partial charge on any atom is 0.273 e. The number of rotatable bonds is 4. The summed E-state index contributed by atoms with van der Waals surface area (Å²) in [5.41, 5.74) is 0.950. The monoisotopic (exact) mass is 370 g/mol. The summed E-state index contributed by atoms with van der Waals surface area (Å²) in [5, 5.41) is 14.2. The molecule has 142 valence electrons. The van der Waals surface area contributed by atoms with Gasteiger partial charge >= 0.3 is 0 Å². The van der Waals surface area contributed by atoms with Crippen LogP contribution in [0.15, 0.2) is 36.4 Å². The first-order valence-electron chi connectivity index (χ1n) is 8.63. The van der Waals surface area contributed by atoms with Crippen LogP contribution in [0, 0.1) is 17.0 Å². The summed E-state index contributed by atoms with van der Waals surface area (Å²) in [4.78, 5) is 23.5. The van der Waals surface area contributed by atoms with E-state index in [1.807, 2.05) is 26.0 Å². The molecule has 0 fully saturated rings. The van der Waals surface area contributed by atoms with E-state index in [9.17, 15) is 14.9 Å². The minimum Gasteiger partial charge on any atom is -0.497 e. The Kier molecular flexibility index (Phi) is 4.78. The van der Waals surface area contributed by atoms with Crippen LogP contribution >= 0.6 is 0 Å². The molecule has 1 aliphatic heterocycles. The fourth-order valence-corrected chi connectivity index (χ4v) is 3.39. The molecule has 0 radical (unpaired) electrons. The number of nitro benzene ring substituents is 1. The van der Waals surface area contributed by atoms with Crippen molar-refractivity contribution < 1.29 is 19.2 Å². The molecule has 0 aliphatic carbocycles. The molecule has 0 spiro atoms. The predicted molar refractivity (Wildman–Crippen MR) is 100 cm³/mol. The maximum atomic E-state index is 12.9. The Hall–Kier alpha value is -3.09. The molecule has 2 aromatic rings. The average molecular weight is 370 g/mol. The van der Waals surface area contributed by atoms with Crippen LogP contribution in [0.1, 0.15) is 47.8 Å². The highest BCUT2D eigenvalue weighted by molar-refractivity contribution is 5.96. The molecular formula is C20H22N2O5. The van der Waals surface area contributed by atoms with Crippen molar-refractivity contribution in [1.29, 1.82) is 0 Å². The maximum absolute atomic E-state index is 12.9. The SMILES string of the molecule is COc1ccc2c(c1)OC(C)(C)CC2NC(=O)c1cccc([N+](=O)[O-])c1C. The summed E-state index contributed by atoms with van der Waals surface area (Å²) in [5.74, 6) is 0.985. The Morgan fingerprint density at radius 1 is 1.33 bits per heavy atom. The third-order valence-electron chi connectivity index (χ3n) is 4.73. The number of benzene rings is 2. The highest BCUT2D eigenvalue weighted by Gasteiger charge is 2.35. The Labute approximate surface area is 157 Å². The van der Waals surface area contributed by atoms with Crippen molar-refractivity contribution in [2.24, 2.45) is 0 Å². The van der Waals surface area contributed by atoms with E-state index in [-0.39, 0.29) is 17.6 Å². The third kappa shape index (κ3) is 3.72. The van der Waals surface area contributed by atoms with Crippen LogP contribution in [-0.2, 0) is 0 Å². The number of carbonyl (C=O) groups excluding carboxylic acids is 1. The van der Waals surface area contributed by atoms with Gasteiger partial charge < -0.3 is 14.8 Å². The van der Waals surface area contributed by atoms with Gasteiger partial charge in [0.1, 0.15) is 17.1 Å². The second kappa shape index (κ2) is 6.90. The molecule has 1 amide bonds. The summed E-state index contributed by atoms with van der Waals surface area (Å²) in [6, 6.07) is 9.72. The molecule has 1 heterocycles. The molecular weight excluding hydrogens is 348 g/mol. The van der Waals surface area contributed by atoms with Crippen molar-refractivity contribution in [2.75, 3.05) is 7.11 Å². The van der Waals surface area contributed by atoms with Gasteiger partial charge in [-0.25, -0.2) is 0 Å². The van der Waals surface area contributed by atoms with Crippen molar-refractivity contribution >= 4 is 11.6 Å². The average Bonchev–Trinajstić information content (AvgIpc) is 2.59. The van der Waals surface area contributed by atoms with E-state index in [0.29, 0.717) is 29.0 Å². The Morgan fingerprint density at radius 3 is 2.74 bits per heavy atom. The van der Waals surface area contributed by atoms with Crippen molar-refractivity contribution in [3.05, 3.63) is 63.2 Å². The molecule has 27 heavy (non-hydrogen) atoms. The number of hydrogen-bond donors (Lipinski definition) is 1. The van der Waals surface area contributed by atoms with Crippen molar-refractivity contribution in [3.63, 3.8) is 0 Å². The van der Waals surface area contributed by atoms with Crippen molar-refractivity contribution in [1.82, 2.24) is 5.32 Å². The lowest BCUT2D eigenvalue weighted by atomic mass is 9.89. The van der Waals surface area contributed by atoms with E-state index >= 15 is 0 Å². The number of ether oxygens (including phenoxy) is 2. The first-order chi connectivity index (χ1) is 12.7. The van der Waals surface area contributed by atoms with Gasteiger partial charge in [0.2, 0.25) is 0 Å². The molecule has 1 N–H and O–H groups in total. The van der Waals surface area contributed by atoms with Crippen LogP contribution in [0.5, 0.6) is 11.5 Å². The second-order valence-corrected chi connectivity index (χ2v) is 7.20. The summed E-state index contributed by atoms with van der Waals surface area (Å²) >= 11 is 0. The fourth-order valence-electron chi connectivity index (χ4n) is 3.39. The normalized spacial score (nSPS) is 17.4. The standard InChI is InChI=1S/C20H22N2O5/c1-12-14(6-5-7-17(12)22(24)25)19(23)21-16-11-20(2,3)27-18-10-13(26-4)8-9-15(16)18/h5-10,16H,11H2,1-4H3,(H,21,23). The van der Waals surface area contributed by atoms with Gasteiger partial charge in [-0.15, -0.1) is 0 Å². The van der Waals surface area contributed by atoms with Crippen LogP contribution < -0.4 is 14.8 Å². The van der Waals surface area contributed by atoms with Gasteiger partial charge in [0.25, 0.3) is 11.6 Å².